The normalized spacial score (nSPS) is 16.7. The molecule has 148 valence electrons. The summed E-state index contributed by atoms with van der Waals surface area (Å²) in [6, 6.07) is 13.3. The summed E-state index contributed by atoms with van der Waals surface area (Å²) < 4.78 is 5.07. The van der Waals surface area contributed by atoms with Crippen LogP contribution in [0.25, 0.3) is 0 Å². The molecule has 0 spiro atoms. The van der Waals surface area contributed by atoms with Gasteiger partial charge in [-0.05, 0) is 56.6 Å². The van der Waals surface area contributed by atoms with E-state index in [2.05, 4.69) is 15.8 Å². The molecule has 0 radical (unpaired) electrons. The molecular weight excluding hydrogens is 404 g/mol. The van der Waals surface area contributed by atoms with Gasteiger partial charge in [0.2, 0.25) is 0 Å². The van der Waals surface area contributed by atoms with Gasteiger partial charge in [-0.3, -0.25) is 9.69 Å². The minimum atomic E-state index is -0.336. The average molecular weight is 425 g/mol. The number of aromatic nitrogens is 1. The number of nitrogens with one attached hydrogen (secondary N) is 2. The first-order valence-electron chi connectivity index (χ1n) is 9.10. The Hall–Kier alpha value is -2.97. The van der Waals surface area contributed by atoms with Gasteiger partial charge in [0.15, 0.2) is 10.9 Å². The summed E-state index contributed by atoms with van der Waals surface area (Å²) in [5, 5.41) is 12.6. The Morgan fingerprint density at radius 3 is 2.62 bits per heavy atom. The van der Waals surface area contributed by atoms with E-state index in [1.54, 1.807) is 24.3 Å². The minimum absolute atomic E-state index is 0.249. The lowest BCUT2D eigenvalue weighted by molar-refractivity contribution is -0.113. The van der Waals surface area contributed by atoms with Crippen LogP contribution in [-0.2, 0) is 4.79 Å². The molecule has 0 saturated carbocycles. The molecule has 1 aliphatic heterocycles. The molecule has 2 N–H and O–H groups in total. The molecule has 0 fully saturated rings. The smallest absolute Gasteiger partial charge is 0.257 e. The van der Waals surface area contributed by atoms with E-state index in [1.165, 1.54) is 0 Å². The fourth-order valence-corrected chi connectivity index (χ4v) is 4.46. The molecule has 8 heteroatoms. The van der Waals surface area contributed by atoms with Gasteiger partial charge in [0.1, 0.15) is 5.76 Å². The topological polar surface area (TPSA) is 70.4 Å². The Morgan fingerprint density at radius 2 is 2.00 bits per heavy atom. The number of nitrogens with zero attached hydrogens (tertiary/aromatic N) is 2. The van der Waals surface area contributed by atoms with Crippen molar-refractivity contribution in [1.29, 1.82) is 0 Å². The maximum Gasteiger partial charge on any atom is 0.257 e. The molecule has 0 saturated heterocycles. The number of thiophene rings is 1. The predicted octanol–water partition coefficient (Wildman–Crippen LogP) is 4.70. The Balaban J connectivity index is 1.78. The van der Waals surface area contributed by atoms with E-state index < -0.39 is 0 Å². The van der Waals surface area contributed by atoms with Crippen LogP contribution in [0.5, 0.6) is 0 Å². The van der Waals surface area contributed by atoms with E-state index in [0.717, 1.165) is 21.8 Å². The van der Waals surface area contributed by atoms with Crippen molar-refractivity contribution in [3.8, 4) is 0 Å². The molecule has 1 aromatic carbocycles. The predicted molar refractivity (Wildman–Crippen MR) is 119 cm³/mol. The number of benzene rings is 1. The summed E-state index contributed by atoms with van der Waals surface area (Å²) in [7, 11) is 0. The van der Waals surface area contributed by atoms with Gasteiger partial charge in [-0.25, -0.2) is 0 Å². The van der Waals surface area contributed by atoms with Gasteiger partial charge in [0, 0.05) is 22.3 Å². The van der Waals surface area contributed by atoms with Crippen LogP contribution in [-0.4, -0.2) is 16.2 Å². The van der Waals surface area contributed by atoms with Crippen LogP contribution in [0.2, 0.25) is 0 Å². The van der Waals surface area contributed by atoms with Crippen LogP contribution in [0.3, 0.4) is 0 Å². The zero-order valence-corrected chi connectivity index (χ0v) is 17.9. The number of allylic oxidation sites excluding steroid dienone is 1. The first-order chi connectivity index (χ1) is 13.9. The Morgan fingerprint density at radius 1 is 1.24 bits per heavy atom. The molecule has 6 nitrogen and oxygen atoms in total. The zero-order valence-electron chi connectivity index (χ0n) is 16.2. The van der Waals surface area contributed by atoms with Crippen LogP contribution in [0, 0.1) is 13.8 Å². The molecule has 29 heavy (non-hydrogen) atoms. The van der Waals surface area contributed by atoms with Gasteiger partial charge < -0.3 is 15.2 Å². The number of anilines is 2. The van der Waals surface area contributed by atoms with E-state index in [4.69, 9.17) is 16.7 Å². The maximum atomic E-state index is 13.3. The molecule has 0 bridgehead atoms. The second kappa shape index (κ2) is 7.81. The van der Waals surface area contributed by atoms with E-state index in [-0.39, 0.29) is 11.9 Å². The van der Waals surface area contributed by atoms with Crippen molar-refractivity contribution in [3.05, 3.63) is 75.3 Å². The highest BCUT2D eigenvalue weighted by Gasteiger charge is 2.35. The monoisotopic (exact) mass is 424 g/mol. The van der Waals surface area contributed by atoms with Gasteiger partial charge in [0.05, 0.1) is 11.6 Å². The molecule has 3 aromatic rings. The number of aryl methyl sites for hydroxylation is 2. The van der Waals surface area contributed by atoms with Gasteiger partial charge in [-0.2, -0.15) is 0 Å². The summed E-state index contributed by atoms with van der Waals surface area (Å²) in [6.07, 6.45) is 0. The van der Waals surface area contributed by atoms with Gasteiger partial charge in [-0.1, -0.05) is 28.9 Å². The Kier molecular flexibility index (Phi) is 5.21. The molecule has 1 aliphatic rings. The zero-order chi connectivity index (χ0) is 20.5. The van der Waals surface area contributed by atoms with Gasteiger partial charge in [0.25, 0.3) is 5.91 Å². The fraction of sp³-hybridized carbons (Fsp3) is 0.190. The Bertz CT molecular complexity index is 1080. The number of hydrogen-bond acceptors (Lipinski definition) is 5. The third kappa shape index (κ3) is 3.81. The summed E-state index contributed by atoms with van der Waals surface area (Å²) in [5.41, 5.74) is 3.41. The van der Waals surface area contributed by atoms with Crippen molar-refractivity contribution < 1.29 is 9.32 Å². The molecule has 2 aromatic heterocycles. The average Bonchev–Trinajstić information content (AvgIpc) is 3.34. The highest BCUT2D eigenvalue weighted by Crippen LogP contribution is 2.35. The summed E-state index contributed by atoms with van der Waals surface area (Å²) >= 11 is 7.24. The number of hydrogen-bond donors (Lipinski definition) is 2. The van der Waals surface area contributed by atoms with E-state index >= 15 is 0 Å². The van der Waals surface area contributed by atoms with E-state index in [1.807, 2.05) is 60.5 Å². The maximum absolute atomic E-state index is 13.3. The van der Waals surface area contributed by atoms with Crippen molar-refractivity contribution in [2.45, 2.75) is 26.8 Å². The molecule has 0 unspecified atom stereocenters. The number of carbonyl (C=O) groups is 1. The minimum Gasteiger partial charge on any atom is -0.360 e. The number of thiocarbonyl (C=S) groups is 1. The summed E-state index contributed by atoms with van der Waals surface area (Å²) in [4.78, 5) is 16.2. The first kappa shape index (κ1) is 19.4. The lowest BCUT2D eigenvalue weighted by atomic mass is 9.99. The molecule has 1 atom stereocenters. The van der Waals surface area contributed by atoms with Crippen molar-refractivity contribution >= 4 is 46.1 Å². The largest absolute Gasteiger partial charge is 0.360 e. The van der Waals surface area contributed by atoms with Crippen molar-refractivity contribution in [2.24, 2.45) is 0 Å². The van der Waals surface area contributed by atoms with Crippen LogP contribution >= 0.6 is 23.6 Å². The Labute approximate surface area is 178 Å². The van der Waals surface area contributed by atoms with Crippen LogP contribution < -0.4 is 15.5 Å². The third-order valence-corrected chi connectivity index (χ3v) is 5.96. The molecule has 1 amide bonds. The first-order valence-corrected chi connectivity index (χ1v) is 10.4. The fourth-order valence-electron chi connectivity index (χ4n) is 3.32. The highest BCUT2D eigenvalue weighted by molar-refractivity contribution is 7.80. The van der Waals surface area contributed by atoms with Gasteiger partial charge in [-0.15, -0.1) is 11.3 Å². The number of carbonyl (C=O) groups excluding carboxylic acids is 1. The highest BCUT2D eigenvalue weighted by atomic mass is 32.1. The second-order valence-electron chi connectivity index (χ2n) is 6.84. The molecule has 3 heterocycles. The SMILES string of the molecule is CC1=C(C(=O)Nc2cc(C)on2)[C@@H](c2cccs2)NC(=S)N1c1ccc(C)cc1. The van der Waals surface area contributed by atoms with E-state index in [9.17, 15) is 4.79 Å². The van der Waals surface area contributed by atoms with Crippen LogP contribution in [0.15, 0.2) is 63.6 Å². The molecule has 0 aliphatic carbocycles. The third-order valence-electron chi connectivity index (χ3n) is 4.72. The quantitative estimate of drug-likeness (QED) is 0.592. The van der Waals surface area contributed by atoms with Crippen molar-refractivity contribution in [1.82, 2.24) is 10.5 Å². The van der Waals surface area contributed by atoms with Gasteiger partial charge >= 0.3 is 0 Å². The lowest BCUT2D eigenvalue weighted by Gasteiger charge is -2.37. The molecule has 4 rings (SSSR count). The number of amides is 1. The standard InChI is InChI=1S/C21H20N4O2S2/c1-12-6-8-15(9-7-12)25-14(3)18(20(26)22-17-11-13(2)27-24-17)19(23-21(25)28)16-5-4-10-29-16/h4-11,19H,1-3H3,(H,23,28)(H,22,24,26)/t19-/m1/s1. The second-order valence-corrected chi connectivity index (χ2v) is 8.21. The lowest BCUT2D eigenvalue weighted by Crippen LogP contribution is -2.48. The van der Waals surface area contributed by atoms with E-state index in [0.29, 0.717) is 22.3 Å². The van der Waals surface area contributed by atoms with Crippen molar-refractivity contribution in [2.75, 3.05) is 10.2 Å². The van der Waals surface area contributed by atoms with Crippen molar-refractivity contribution in [3.63, 3.8) is 0 Å². The van der Waals surface area contributed by atoms with Crippen LogP contribution in [0.4, 0.5) is 11.5 Å². The molecular formula is C21H20N4O2S2. The summed E-state index contributed by atoms with van der Waals surface area (Å²) in [5.74, 6) is 0.763. The van der Waals surface area contributed by atoms with Crippen LogP contribution in [0.1, 0.15) is 29.2 Å². The number of rotatable bonds is 4. The summed E-state index contributed by atoms with van der Waals surface area (Å²) in [6.45, 7) is 5.72.